The first-order valence-corrected chi connectivity index (χ1v) is 8.66. The van der Waals surface area contributed by atoms with Crippen LogP contribution in [0.3, 0.4) is 0 Å². The molecule has 1 aliphatic heterocycles. The summed E-state index contributed by atoms with van der Waals surface area (Å²) in [6.07, 6.45) is 4.28. The number of aryl methyl sites for hydroxylation is 1. The van der Waals surface area contributed by atoms with E-state index in [-0.39, 0.29) is 18.4 Å². The number of ether oxygens (including phenoxy) is 1. The molecular weight excluding hydrogens is 302 g/mol. The van der Waals surface area contributed by atoms with Gasteiger partial charge in [-0.15, -0.1) is 11.3 Å². The molecule has 2 heterocycles. The Morgan fingerprint density at radius 3 is 2.95 bits per heavy atom. The van der Waals surface area contributed by atoms with Gasteiger partial charge in [-0.3, -0.25) is 9.59 Å². The van der Waals surface area contributed by atoms with E-state index in [1.54, 1.807) is 16.2 Å². The summed E-state index contributed by atoms with van der Waals surface area (Å²) in [5, 5.41) is 10.9. The molecule has 1 saturated heterocycles. The topological polar surface area (TPSA) is 66.8 Å². The first-order valence-electron chi connectivity index (χ1n) is 7.78. The number of amides is 1. The normalized spacial score (nSPS) is 18.4. The Morgan fingerprint density at radius 2 is 2.23 bits per heavy atom. The van der Waals surface area contributed by atoms with E-state index in [1.165, 1.54) is 4.88 Å². The lowest BCUT2D eigenvalue weighted by atomic mass is 10.1. The third kappa shape index (κ3) is 5.77. The first kappa shape index (κ1) is 17.0. The summed E-state index contributed by atoms with van der Waals surface area (Å²) in [6, 6.07) is 4.21. The molecule has 1 amide bonds. The van der Waals surface area contributed by atoms with Gasteiger partial charge in [0.1, 0.15) is 0 Å². The van der Waals surface area contributed by atoms with Crippen LogP contribution in [-0.4, -0.2) is 47.7 Å². The van der Waals surface area contributed by atoms with Crippen LogP contribution in [0.1, 0.15) is 37.0 Å². The Labute approximate surface area is 134 Å². The van der Waals surface area contributed by atoms with Crippen LogP contribution in [0, 0.1) is 0 Å². The number of aliphatic carboxylic acids is 1. The molecule has 122 valence electrons. The summed E-state index contributed by atoms with van der Waals surface area (Å²) >= 11 is 1.78. The average molecular weight is 325 g/mol. The Balaban J connectivity index is 1.61. The van der Waals surface area contributed by atoms with Crippen molar-refractivity contribution < 1.29 is 19.4 Å². The van der Waals surface area contributed by atoms with Crippen molar-refractivity contribution in [2.75, 3.05) is 19.7 Å². The maximum atomic E-state index is 12.1. The van der Waals surface area contributed by atoms with Crippen LogP contribution in [0.2, 0.25) is 0 Å². The van der Waals surface area contributed by atoms with Crippen molar-refractivity contribution in [1.82, 2.24) is 4.90 Å². The van der Waals surface area contributed by atoms with Gasteiger partial charge in [0.15, 0.2) is 0 Å². The van der Waals surface area contributed by atoms with Crippen LogP contribution >= 0.6 is 11.3 Å². The van der Waals surface area contributed by atoms with Gasteiger partial charge < -0.3 is 14.7 Å². The van der Waals surface area contributed by atoms with Gasteiger partial charge in [0.2, 0.25) is 5.91 Å². The minimum Gasteiger partial charge on any atom is -0.481 e. The maximum Gasteiger partial charge on any atom is 0.306 e. The van der Waals surface area contributed by atoms with Crippen LogP contribution in [0.25, 0.3) is 0 Å². The Bertz CT molecular complexity index is 475. The molecule has 1 N–H and O–H groups in total. The molecule has 5 nitrogen and oxygen atoms in total. The Hall–Kier alpha value is -1.40. The number of unbranched alkanes of at least 4 members (excludes halogenated alkanes) is 2. The summed E-state index contributed by atoms with van der Waals surface area (Å²) in [6.45, 7) is 1.41. The molecule has 1 aromatic heterocycles. The summed E-state index contributed by atoms with van der Waals surface area (Å²) in [7, 11) is 0. The molecule has 1 aromatic rings. The van der Waals surface area contributed by atoms with Crippen molar-refractivity contribution in [3.05, 3.63) is 22.4 Å². The number of carbonyl (C=O) groups excluding carboxylic acids is 1. The molecule has 2 rings (SSSR count). The SMILES string of the molecule is O=C(O)CC1CN(C(=O)CCCCCc2cccs2)CCO1. The fourth-order valence-electron chi connectivity index (χ4n) is 2.63. The Kier molecular flexibility index (Phi) is 6.86. The highest BCUT2D eigenvalue weighted by Gasteiger charge is 2.25. The van der Waals surface area contributed by atoms with E-state index in [2.05, 4.69) is 17.5 Å². The third-order valence-corrected chi connectivity index (χ3v) is 4.72. The fourth-order valence-corrected chi connectivity index (χ4v) is 3.38. The van der Waals surface area contributed by atoms with Crippen molar-refractivity contribution >= 4 is 23.2 Å². The third-order valence-electron chi connectivity index (χ3n) is 3.79. The van der Waals surface area contributed by atoms with E-state index in [1.807, 2.05) is 0 Å². The van der Waals surface area contributed by atoms with E-state index in [4.69, 9.17) is 9.84 Å². The van der Waals surface area contributed by atoms with Crippen molar-refractivity contribution in [3.63, 3.8) is 0 Å². The van der Waals surface area contributed by atoms with Gasteiger partial charge in [0, 0.05) is 24.4 Å². The van der Waals surface area contributed by atoms with Crippen LogP contribution in [0.15, 0.2) is 17.5 Å². The van der Waals surface area contributed by atoms with Gasteiger partial charge >= 0.3 is 5.97 Å². The zero-order valence-corrected chi connectivity index (χ0v) is 13.5. The van der Waals surface area contributed by atoms with Gasteiger partial charge in [0.05, 0.1) is 19.1 Å². The van der Waals surface area contributed by atoms with E-state index in [0.29, 0.717) is 26.1 Å². The number of carboxylic acid groups (broad SMARTS) is 1. The van der Waals surface area contributed by atoms with Gasteiger partial charge in [-0.25, -0.2) is 0 Å². The Morgan fingerprint density at radius 1 is 1.36 bits per heavy atom. The highest BCUT2D eigenvalue weighted by Crippen LogP contribution is 2.15. The summed E-state index contributed by atoms with van der Waals surface area (Å²) in [4.78, 5) is 26.0. The van der Waals surface area contributed by atoms with Crippen molar-refractivity contribution in [3.8, 4) is 0 Å². The number of nitrogens with zero attached hydrogens (tertiary/aromatic N) is 1. The van der Waals surface area contributed by atoms with E-state index in [0.717, 1.165) is 25.7 Å². The van der Waals surface area contributed by atoms with Crippen molar-refractivity contribution in [2.24, 2.45) is 0 Å². The van der Waals surface area contributed by atoms with Crippen molar-refractivity contribution in [2.45, 2.75) is 44.6 Å². The van der Waals surface area contributed by atoms with E-state index < -0.39 is 5.97 Å². The van der Waals surface area contributed by atoms with Crippen LogP contribution in [-0.2, 0) is 20.7 Å². The summed E-state index contributed by atoms with van der Waals surface area (Å²) in [5.41, 5.74) is 0. The van der Waals surface area contributed by atoms with Crippen molar-refractivity contribution in [1.29, 1.82) is 0 Å². The number of thiophene rings is 1. The number of morpholine rings is 1. The number of hydrogen-bond donors (Lipinski definition) is 1. The molecule has 0 radical (unpaired) electrons. The molecule has 6 heteroatoms. The molecule has 0 saturated carbocycles. The number of carbonyl (C=O) groups is 2. The first-order chi connectivity index (χ1) is 10.6. The van der Waals surface area contributed by atoms with Gasteiger partial charge in [0.25, 0.3) is 0 Å². The number of carboxylic acids is 1. The van der Waals surface area contributed by atoms with Crippen LogP contribution in [0.5, 0.6) is 0 Å². The average Bonchev–Trinajstić information content (AvgIpc) is 2.99. The predicted octanol–water partition coefficient (Wildman–Crippen LogP) is 2.55. The van der Waals surface area contributed by atoms with E-state index in [9.17, 15) is 9.59 Å². The van der Waals surface area contributed by atoms with Crippen LogP contribution in [0.4, 0.5) is 0 Å². The lowest BCUT2D eigenvalue weighted by Gasteiger charge is -2.32. The fraction of sp³-hybridized carbons (Fsp3) is 0.625. The molecular formula is C16H23NO4S. The molecule has 1 aliphatic rings. The maximum absolute atomic E-state index is 12.1. The molecule has 0 aromatic carbocycles. The minimum absolute atomic E-state index is 0.0371. The quantitative estimate of drug-likeness (QED) is 0.746. The van der Waals surface area contributed by atoms with E-state index >= 15 is 0 Å². The monoisotopic (exact) mass is 325 g/mol. The van der Waals surface area contributed by atoms with Gasteiger partial charge in [-0.2, -0.15) is 0 Å². The summed E-state index contributed by atoms with van der Waals surface area (Å²) in [5.74, 6) is -0.761. The van der Waals surface area contributed by atoms with Crippen LogP contribution < -0.4 is 0 Å². The molecule has 1 unspecified atom stereocenters. The lowest BCUT2D eigenvalue weighted by molar-refractivity contribution is -0.147. The van der Waals surface area contributed by atoms with Gasteiger partial charge in [-0.1, -0.05) is 12.5 Å². The zero-order chi connectivity index (χ0) is 15.8. The zero-order valence-electron chi connectivity index (χ0n) is 12.7. The highest BCUT2D eigenvalue weighted by atomic mass is 32.1. The smallest absolute Gasteiger partial charge is 0.306 e. The molecule has 0 aliphatic carbocycles. The molecule has 1 fully saturated rings. The standard InChI is InChI=1S/C16H23NO4S/c18-15(7-3-1-2-5-14-6-4-10-22-14)17-8-9-21-13(12-17)11-16(19)20/h4,6,10,13H,1-3,5,7-9,11-12H2,(H,19,20). The second-order valence-electron chi connectivity index (χ2n) is 5.57. The highest BCUT2D eigenvalue weighted by molar-refractivity contribution is 7.09. The predicted molar refractivity (Wildman–Crippen MR) is 85.1 cm³/mol. The molecule has 0 bridgehead atoms. The molecule has 22 heavy (non-hydrogen) atoms. The second-order valence-corrected chi connectivity index (χ2v) is 6.60. The molecule has 1 atom stereocenters. The summed E-state index contributed by atoms with van der Waals surface area (Å²) < 4.78 is 5.38. The minimum atomic E-state index is -0.882. The number of rotatable bonds is 8. The van der Waals surface area contributed by atoms with Gasteiger partial charge in [-0.05, 0) is 30.7 Å². The number of hydrogen-bond acceptors (Lipinski definition) is 4. The second kappa shape index (κ2) is 8.90. The largest absolute Gasteiger partial charge is 0.481 e. The lowest BCUT2D eigenvalue weighted by Crippen LogP contribution is -2.46. The molecule has 0 spiro atoms.